The van der Waals surface area contributed by atoms with Crippen LogP contribution in [0.25, 0.3) is 11.4 Å². The van der Waals surface area contributed by atoms with Crippen molar-refractivity contribution < 1.29 is 18.8 Å². The van der Waals surface area contributed by atoms with Gasteiger partial charge in [-0.15, -0.1) is 0 Å². The minimum atomic E-state index is -0.490. The first-order valence-corrected chi connectivity index (χ1v) is 9.16. The Morgan fingerprint density at radius 1 is 1.07 bits per heavy atom. The molecule has 1 aliphatic heterocycles. The number of esters is 1. The summed E-state index contributed by atoms with van der Waals surface area (Å²) in [6.07, 6.45) is 2.49. The summed E-state index contributed by atoms with van der Waals surface area (Å²) < 4.78 is 10.4. The molecule has 1 amide bonds. The first kappa shape index (κ1) is 17.9. The zero-order valence-corrected chi connectivity index (χ0v) is 15.2. The summed E-state index contributed by atoms with van der Waals surface area (Å²) in [5, 5.41) is 3.89. The van der Waals surface area contributed by atoms with E-state index in [1.54, 1.807) is 29.2 Å². The summed E-state index contributed by atoms with van der Waals surface area (Å²) in [5.41, 5.74) is 2.02. The number of piperidine rings is 1. The van der Waals surface area contributed by atoms with Crippen molar-refractivity contribution in [3.63, 3.8) is 0 Å². The second-order valence-corrected chi connectivity index (χ2v) is 6.50. The van der Waals surface area contributed by atoms with Crippen LogP contribution in [0.5, 0.6) is 0 Å². The topological polar surface area (TPSA) is 85.5 Å². The molecule has 1 aliphatic rings. The van der Waals surface area contributed by atoms with Gasteiger partial charge in [0.05, 0.1) is 5.56 Å². The molecule has 0 aliphatic carbocycles. The second kappa shape index (κ2) is 8.04. The molecule has 2 heterocycles. The lowest BCUT2D eigenvalue weighted by molar-refractivity contribution is -0.119. The monoisotopic (exact) mass is 377 g/mol. The Balaban J connectivity index is 1.36. The number of aromatic nitrogens is 2. The van der Waals surface area contributed by atoms with Gasteiger partial charge in [0, 0.05) is 24.2 Å². The maximum atomic E-state index is 12.3. The molecule has 142 valence electrons. The number of carbonyl (C=O) groups is 2. The number of carbonyl (C=O) groups excluding carboxylic acids is 2. The summed E-state index contributed by atoms with van der Waals surface area (Å²) in [7, 11) is 0. The van der Waals surface area contributed by atoms with Crippen LogP contribution in [0.1, 0.15) is 35.5 Å². The number of hydrogen-bond donors (Lipinski definition) is 0. The lowest BCUT2D eigenvalue weighted by Crippen LogP contribution is -2.35. The fraction of sp³-hybridized carbons (Fsp3) is 0.238. The van der Waals surface area contributed by atoms with Gasteiger partial charge < -0.3 is 14.2 Å². The molecule has 28 heavy (non-hydrogen) atoms. The molecule has 7 heteroatoms. The highest BCUT2D eigenvalue weighted by atomic mass is 16.6. The van der Waals surface area contributed by atoms with E-state index in [-0.39, 0.29) is 18.4 Å². The van der Waals surface area contributed by atoms with Gasteiger partial charge in [-0.2, -0.15) is 4.98 Å². The number of hydrogen-bond acceptors (Lipinski definition) is 6. The lowest BCUT2D eigenvalue weighted by Gasteiger charge is -2.26. The number of rotatable bonds is 5. The summed E-state index contributed by atoms with van der Waals surface area (Å²) in [4.78, 5) is 30.2. The molecule has 0 N–H and O–H groups in total. The van der Waals surface area contributed by atoms with Crippen LogP contribution < -0.4 is 4.90 Å². The van der Waals surface area contributed by atoms with E-state index in [0.29, 0.717) is 24.4 Å². The summed E-state index contributed by atoms with van der Waals surface area (Å²) in [6.45, 7) is 0.606. The number of nitrogens with zero attached hydrogens (tertiary/aromatic N) is 3. The first-order chi connectivity index (χ1) is 13.7. The molecule has 3 aromatic rings. The fourth-order valence-corrected chi connectivity index (χ4v) is 3.08. The van der Waals surface area contributed by atoms with Gasteiger partial charge in [0.2, 0.25) is 11.7 Å². The Morgan fingerprint density at radius 2 is 1.86 bits per heavy atom. The summed E-state index contributed by atoms with van der Waals surface area (Å²) in [6, 6.07) is 16.2. The first-order valence-electron chi connectivity index (χ1n) is 9.16. The molecule has 0 unspecified atom stereocenters. The molecule has 0 saturated carbocycles. The van der Waals surface area contributed by atoms with E-state index in [2.05, 4.69) is 10.1 Å². The fourth-order valence-electron chi connectivity index (χ4n) is 3.08. The number of benzene rings is 2. The van der Waals surface area contributed by atoms with E-state index in [9.17, 15) is 9.59 Å². The van der Waals surface area contributed by atoms with Crippen molar-refractivity contribution in [1.29, 1.82) is 0 Å². The SMILES string of the molecule is O=C(OCc1nc(-c2ccccc2)no1)c1ccc(N2CCCCC2=O)cc1. The van der Waals surface area contributed by atoms with Gasteiger partial charge in [0.15, 0.2) is 6.61 Å². The molecule has 0 radical (unpaired) electrons. The van der Waals surface area contributed by atoms with Crippen LogP contribution in [0.2, 0.25) is 0 Å². The van der Waals surface area contributed by atoms with Crippen LogP contribution >= 0.6 is 0 Å². The second-order valence-electron chi connectivity index (χ2n) is 6.50. The van der Waals surface area contributed by atoms with Gasteiger partial charge in [-0.1, -0.05) is 35.5 Å². The van der Waals surface area contributed by atoms with Crippen molar-refractivity contribution in [3.8, 4) is 11.4 Å². The Hall–Kier alpha value is -3.48. The Kier molecular flexibility index (Phi) is 5.14. The molecular formula is C21H19N3O4. The number of ether oxygens (including phenoxy) is 1. The van der Waals surface area contributed by atoms with Crippen LogP contribution in [-0.2, 0) is 16.1 Å². The van der Waals surface area contributed by atoms with Crippen molar-refractivity contribution in [1.82, 2.24) is 10.1 Å². The van der Waals surface area contributed by atoms with E-state index in [4.69, 9.17) is 9.26 Å². The van der Waals surface area contributed by atoms with Crippen LogP contribution in [0, 0.1) is 0 Å². The third-order valence-electron chi connectivity index (χ3n) is 4.56. The Morgan fingerprint density at radius 3 is 2.61 bits per heavy atom. The van der Waals surface area contributed by atoms with Crippen molar-refractivity contribution in [2.45, 2.75) is 25.9 Å². The zero-order chi connectivity index (χ0) is 19.3. The minimum Gasteiger partial charge on any atom is -0.452 e. The van der Waals surface area contributed by atoms with E-state index in [0.717, 1.165) is 24.1 Å². The van der Waals surface area contributed by atoms with Crippen LogP contribution in [0.15, 0.2) is 59.1 Å². The van der Waals surface area contributed by atoms with E-state index >= 15 is 0 Å². The number of anilines is 1. The lowest BCUT2D eigenvalue weighted by atomic mass is 10.1. The standard InChI is InChI=1S/C21H19N3O4/c25-19-8-4-5-13-24(19)17-11-9-16(10-12-17)21(26)27-14-18-22-20(23-28-18)15-6-2-1-3-7-15/h1-3,6-7,9-12H,4-5,8,13-14H2. The summed E-state index contributed by atoms with van der Waals surface area (Å²) >= 11 is 0. The van der Waals surface area contributed by atoms with Crippen LogP contribution in [0.3, 0.4) is 0 Å². The number of amides is 1. The van der Waals surface area contributed by atoms with Gasteiger partial charge in [-0.3, -0.25) is 4.79 Å². The smallest absolute Gasteiger partial charge is 0.338 e. The average Bonchev–Trinajstić information content (AvgIpc) is 3.22. The van der Waals surface area contributed by atoms with Gasteiger partial charge in [-0.25, -0.2) is 4.79 Å². The van der Waals surface area contributed by atoms with Gasteiger partial charge in [0.25, 0.3) is 5.89 Å². The van der Waals surface area contributed by atoms with Crippen LogP contribution in [0.4, 0.5) is 5.69 Å². The molecule has 1 fully saturated rings. The molecule has 2 aromatic carbocycles. The largest absolute Gasteiger partial charge is 0.452 e. The Bertz CT molecular complexity index is 967. The molecule has 7 nitrogen and oxygen atoms in total. The van der Waals surface area contributed by atoms with Gasteiger partial charge in [0.1, 0.15) is 0 Å². The van der Waals surface area contributed by atoms with Crippen molar-refractivity contribution in [2.75, 3.05) is 11.4 Å². The average molecular weight is 377 g/mol. The Labute approximate surface area is 161 Å². The zero-order valence-electron chi connectivity index (χ0n) is 15.2. The van der Waals surface area contributed by atoms with Gasteiger partial charge >= 0.3 is 5.97 Å². The molecule has 1 aromatic heterocycles. The predicted molar refractivity (Wildman–Crippen MR) is 101 cm³/mol. The van der Waals surface area contributed by atoms with Crippen molar-refractivity contribution >= 4 is 17.6 Å². The third-order valence-corrected chi connectivity index (χ3v) is 4.56. The third kappa shape index (κ3) is 3.93. The highest BCUT2D eigenvalue weighted by Crippen LogP contribution is 2.22. The molecule has 0 bridgehead atoms. The van der Waals surface area contributed by atoms with E-state index < -0.39 is 5.97 Å². The molecule has 0 atom stereocenters. The van der Waals surface area contributed by atoms with Crippen molar-refractivity contribution in [2.24, 2.45) is 0 Å². The highest BCUT2D eigenvalue weighted by molar-refractivity contribution is 5.95. The molecular weight excluding hydrogens is 358 g/mol. The normalized spacial score (nSPS) is 14.1. The predicted octanol–water partition coefficient (Wildman–Crippen LogP) is 3.61. The molecule has 0 spiro atoms. The quantitative estimate of drug-likeness (QED) is 0.632. The van der Waals surface area contributed by atoms with Gasteiger partial charge in [-0.05, 0) is 37.1 Å². The van der Waals surface area contributed by atoms with E-state index in [1.807, 2.05) is 30.3 Å². The highest BCUT2D eigenvalue weighted by Gasteiger charge is 2.20. The van der Waals surface area contributed by atoms with E-state index in [1.165, 1.54) is 0 Å². The molecule has 1 saturated heterocycles. The van der Waals surface area contributed by atoms with Crippen LogP contribution in [-0.4, -0.2) is 28.6 Å². The summed E-state index contributed by atoms with van der Waals surface area (Å²) in [5.74, 6) is 0.299. The molecule has 4 rings (SSSR count). The van der Waals surface area contributed by atoms with Crippen molar-refractivity contribution in [3.05, 3.63) is 66.1 Å². The minimum absolute atomic E-state index is 0.106. The maximum absolute atomic E-state index is 12.3. The maximum Gasteiger partial charge on any atom is 0.338 e.